The molecule has 0 bridgehead atoms. The lowest BCUT2D eigenvalue weighted by Crippen LogP contribution is -2.05. The van der Waals surface area contributed by atoms with Crippen LogP contribution in [0.5, 0.6) is 11.5 Å². The quantitative estimate of drug-likeness (QED) is 0.873. The Balaban J connectivity index is 1.93. The van der Waals surface area contributed by atoms with Gasteiger partial charge in [0, 0.05) is 11.9 Å². The summed E-state index contributed by atoms with van der Waals surface area (Å²) in [4.78, 5) is 3.11. The summed E-state index contributed by atoms with van der Waals surface area (Å²) in [6.45, 7) is 5.37. The molecule has 0 saturated heterocycles. The van der Waals surface area contributed by atoms with Gasteiger partial charge in [-0.05, 0) is 35.8 Å². The molecule has 0 saturated carbocycles. The third-order valence-corrected chi connectivity index (χ3v) is 3.61. The van der Waals surface area contributed by atoms with Crippen LogP contribution in [0.2, 0.25) is 0 Å². The van der Waals surface area contributed by atoms with E-state index in [1.165, 1.54) is 5.69 Å². The predicted molar refractivity (Wildman–Crippen MR) is 75.4 cm³/mol. The molecule has 0 fully saturated rings. The number of fused-ring (bicyclic) bond motifs is 1. The molecule has 0 aliphatic carbocycles. The van der Waals surface area contributed by atoms with Crippen LogP contribution in [-0.2, 0) is 6.54 Å². The Morgan fingerprint density at radius 1 is 1.32 bits per heavy atom. The van der Waals surface area contributed by atoms with Crippen LogP contribution in [0.3, 0.4) is 0 Å². The van der Waals surface area contributed by atoms with Gasteiger partial charge in [-0.2, -0.15) is 0 Å². The standard InChI is InChI=1S/C14H16N2O2S/c1-9(2)11-6-15-14(19)16(11)7-10-3-4-12-13(5-10)18-8-17-12/h3-6,9H,7-8H2,1-2H3,(H,15,19). The first-order valence-electron chi connectivity index (χ1n) is 6.32. The molecule has 3 rings (SSSR count). The van der Waals surface area contributed by atoms with Crippen molar-refractivity contribution in [2.75, 3.05) is 6.79 Å². The molecule has 4 nitrogen and oxygen atoms in total. The Bertz CT molecular complexity index is 658. The van der Waals surface area contributed by atoms with E-state index in [1.54, 1.807) is 0 Å². The van der Waals surface area contributed by atoms with Crippen molar-refractivity contribution in [2.24, 2.45) is 0 Å². The van der Waals surface area contributed by atoms with E-state index >= 15 is 0 Å². The maximum absolute atomic E-state index is 5.40. The van der Waals surface area contributed by atoms with Crippen LogP contribution in [0, 0.1) is 4.77 Å². The van der Waals surface area contributed by atoms with Gasteiger partial charge in [-0.3, -0.25) is 0 Å². The number of H-pyrrole nitrogens is 1. The normalized spacial score (nSPS) is 13.2. The zero-order valence-electron chi connectivity index (χ0n) is 11.0. The molecule has 1 aliphatic heterocycles. The van der Waals surface area contributed by atoms with Gasteiger partial charge in [-0.1, -0.05) is 19.9 Å². The second kappa shape index (κ2) is 4.74. The van der Waals surface area contributed by atoms with Crippen molar-refractivity contribution in [3.05, 3.63) is 40.4 Å². The minimum atomic E-state index is 0.305. The highest BCUT2D eigenvalue weighted by Crippen LogP contribution is 2.32. The lowest BCUT2D eigenvalue weighted by Gasteiger charge is -2.11. The van der Waals surface area contributed by atoms with Crippen LogP contribution < -0.4 is 9.47 Å². The summed E-state index contributed by atoms with van der Waals surface area (Å²) in [6.07, 6.45) is 1.99. The van der Waals surface area contributed by atoms with E-state index in [2.05, 4.69) is 23.4 Å². The highest BCUT2D eigenvalue weighted by molar-refractivity contribution is 7.71. The number of hydrogen-bond acceptors (Lipinski definition) is 3. The number of benzene rings is 1. The molecular formula is C14H16N2O2S. The number of aromatic nitrogens is 2. The Kier molecular flexibility index (Phi) is 3.06. The number of nitrogens with one attached hydrogen (secondary N) is 1. The molecule has 2 aromatic rings. The molecule has 0 unspecified atom stereocenters. The molecule has 5 heteroatoms. The lowest BCUT2D eigenvalue weighted by molar-refractivity contribution is 0.174. The third kappa shape index (κ3) is 2.26. The van der Waals surface area contributed by atoms with Crippen LogP contribution in [0.25, 0.3) is 0 Å². The summed E-state index contributed by atoms with van der Waals surface area (Å²) in [6, 6.07) is 6.01. The lowest BCUT2D eigenvalue weighted by atomic mass is 10.1. The van der Waals surface area contributed by atoms with E-state index in [0.29, 0.717) is 12.7 Å². The maximum atomic E-state index is 5.40. The Morgan fingerprint density at radius 3 is 2.89 bits per heavy atom. The summed E-state index contributed by atoms with van der Waals surface area (Å²) in [5, 5.41) is 0. The van der Waals surface area contributed by atoms with Crippen molar-refractivity contribution in [3.8, 4) is 11.5 Å². The van der Waals surface area contributed by atoms with Gasteiger partial charge in [0.1, 0.15) is 0 Å². The minimum Gasteiger partial charge on any atom is -0.454 e. The SMILES string of the molecule is CC(C)c1c[nH]c(=S)n1Cc1ccc2c(c1)OCO2. The highest BCUT2D eigenvalue weighted by Gasteiger charge is 2.14. The summed E-state index contributed by atoms with van der Waals surface area (Å²) in [7, 11) is 0. The van der Waals surface area contributed by atoms with E-state index in [0.717, 1.165) is 28.4 Å². The molecule has 0 spiro atoms. The van der Waals surface area contributed by atoms with Crippen molar-refractivity contribution in [3.63, 3.8) is 0 Å². The van der Waals surface area contributed by atoms with Gasteiger partial charge >= 0.3 is 0 Å². The molecule has 1 aliphatic rings. The maximum Gasteiger partial charge on any atom is 0.231 e. The number of rotatable bonds is 3. The van der Waals surface area contributed by atoms with Crippen LogP contribution >= 0.6 is 12.2 Å². The average Bonchev–Trinajstić information content (AvgIpc) is 2.97. The number of aromatic amines is 1. The van der Waals surface area contributed by atoms with Crippen molar-refractivity contribution in [1.29, 1.82) is 0 Å². The van der Waals surface area contributed by atoms with Crippen LogP contribution in [0.4, 0.5) is 0 Å². The molecule has 2 heterocycles. The fourth-order valence-electron chi connectivity index (χ4n) is 2.27. The summed E-state index contributed by atoms with van der Waals surface area (Å²) < 4.78 is 13.6. The largest absolute Gasteiger partial charge is 0.454 e. The van der Waals surface area contributed by atoms with E-state index in [-0.39, 0.29) is 0 Å². The molecule has 0 radical (unpaired) electrons. The second-order valence-corrected chi connectivity index (χ2v) is 5.33. The number of imidazole rings is 1. The van der Waals surface area contributed by atoms with E-state index in [9.17, 15) is 0 Å². The van der Waals surface area contributed by atoms with Gasteiger partial charge < -0.3 is 19.0 Å². The van der Waals surface area contributed by atoms with E-state index in [4.69, 9.17) is 21.7 Å². The molecule has 0 amide bonds. The monoisotopic (exact) mass is 276 g/mol. The third-order valence-electron chi connectivity index (χ3n) is 3.27. The highest BCUT2D eigenvalue weighted by atomic mass is 32.1. The first-order chi connectivity index (χ1) is 9.15. The van der Waals surface area contributed by atoms with Crippen molar-refractivity contribution in [1.82, 2.24) is 9.55 Å². The molecule has 0 atom stereocenters. The molecule has 1 aromatic carbocycles. The molecule has 100 valence electrons. The number of ether oxygens (including phenoxy) is 2. The van der Waals surface area contributed by atoms with Gasteiger partial charge in [0.15, 0.2) is 16.3 Å². The Labute approximate surface area is 117 Å². The molecule has 19 heavy (non-hydrogen) atoms. The molecule has 1 aromatic heterocycles. The minimum absolute atomic E-state index is 0.305. The number of hydrogen-bond donors (Lipinski definition) is 1. The van der Waals surface area contributed by atoms with Gasteiger partial charge in [0.05, 0.1) is 6.54 Å². The van der Waals surface area contributed by atoms with Crippen LogP contribution in [0.1, 0.15) is 31.0 Å². The summed E-state index contributed by atoms with van der Waals surface area (Å²) in [5.41, 5.74) is 2.37. The van der Waals surface area contributed by atoms with Crippen LogP contribution in [0.15, 0.2) is 24.4 Å². The van der Waals surface area contributed by atoms with E-state index < -0.39 is 0 Å². The zero-order chi connectivity index (χ0) is 13.4. The predicted octanol–water partition coefficient (Wildman–Crippen LogP) is 3.45. The number of nitrogens with zero attached hydrogens (tertiary/aromatic N) is 1. The van der Waals surface area contributed by atoms with Gasteiger partial charge in [-0.15, -0.1) is 0 Å². The first-order valence-corrected chi connectivity index (χ1v) is 6.72. The van der Waals surface area contributed by atoms with Crippen molar-refractivity contribution < 1.29 is 9.47 Å². The van der Waals surface area contributed by atoms with Crippen molar-refractivity contribution >= 4 is 12.2 Å². The summed E-state index contributed by atoms with van der Waals surface area (Å²) >= 11 is 5.34. The first kappa shape index (κ1) is 12.3. The fraction of sp³-hybridized carbons (Fsp3) is 0.357. The summed E-state index contributed by atoms with van der Waals surface area (Å²) in [5.74, 6) is 2.05. The van der Waals surface area contributed by atoms with Gasteiger partial charge in [0.25, 0.3) is 0 Å². The van der Waals surface area contributed by atoms with E-state index in [1.807, 2.05) is 24.4 Å². The Morgan fingerprint density at radius 2 is 2.11 bits per heavy atom. The van der Waals surface area contributed by atoms with Gasteiger partial charge in [-0.25, -0.2) is 0 Å². The molecule has 1 N–H and O–H groups in total. The molecular weight excluding hydrogens is 260 g/mol. The fourth-order valence-corrected chi connectivity index (χ4v) is 2.50. The zero-order valence-corrected chi connectivity index (χ0v) is 11.8. The average molecular weight is 276 g/mol. The second-order valence-electron chi connectivity index (χ2n) is 4.95. The van der Waals surface area contributed by atoms with Crippen molar-refractivity contribution in [2.45, 2.75) is 26.3 Å². The van der Waals surface area contributed by atoms with Gasteiger partial charge in [0.2, 0.25) is 6.79 Å². The Hall–Kier alpha value is -1.75. The van der Waals surface area contributed by atoms with Crippen LogP contribution in [-0.4, -0.2) is 16.3 Å². The topological polar surface area (TPSA) is 39.2 Å². The smallest absolute Gasteiger partial charge is 0.231 e.